The van der Waals surface area contributed by atoms with Gasteiger partial charge in [0.25, 0.3) is 0 Å². The molecule has 0 spiro atoms. The van der Waals surface area contributed by atoms with Crippen LogP contribution < -0.4 is 10.1 Å². The van der Waals surface area contributed by atoms with Gasteiger partial charge in [0.1, 0.15) is 10.6 Å². The van der Waals surface area contributed by atoms with Gasteiger partial charge < -0.3 is 10.1 Å². The lowest BCUT2D eigenvalue weighted by atomic mass is 10.1. The number of hydrogen-bond donors (Lipinski definition) is 1. The summed E-state index contributed by atoms with van der Waals surface area (Å²) in [6.07, 6.45) is 1.65. The lowest BCUT2D eigenvalue weighted by Crippen LogP contribution is -2.43. The Morgan fingerprint density at radius 3 is 2.48 bits per heavy atom. The number of methoxy groups -OCH3 is 1. The predicted octanol–water partition coefficient (Wildman–Crippen LogP) is 2.25. The summed E-state index contributed by atoms with van der Waals surface area (Å²) in [4.78, 5) is 0.220. The van der Waals surface area contributed by atoms with Crippen molar-refractivity contribution in [2.75, 3.05) is 27.2 Å². The average molecular weight is 400 g/mol. The zero-order valence-electron chi connectivity index (χ0n) is 12.0. The van der Waals surface area contributed by atoms with E-state index in [4.69, 9.17) is 4.74 Å². The SMILES string of the molecule is CNC1CCN(S(=O)(=O)c2cc(Br)ccc2OC)CC1.Cl. The lowest BCUT2D eigenvalue weighted by Gasteiger charge is -2.31. The maximum absolute atomic E-state index is 12.7. The molecule has 0 amide bonds. The summed E-state index contributed by atoms with van der Waals surface area (Å²) < 4.78 is 32.9. The van der Waals surface area contributed by atoms with E-state index >= 15 is 0 Å². The van der Waals surface area contributed by atoms with Crippen molar-refractivity contribution in [2.45, 2.75) is 23.8 Å². The van der Waals surface area contributed by atoms with Crippen LogP contribution in [0.5, 0.6) is 5.75 Å². The zero-order chi connectivity index (χ0) is 14.8. The quantitative estimate of drug-likeness (QED) is 0.843. The van der Waals surface area contributed by atoms with E-state index in [-0.39, 0.29) is 17.3 Å². The van der Waals surface area contributed by atoms with Crippen LogP contribution in [0, 0.1) is 0 Å². The Bertz CT molecular complexity index is 575. The van der Waals surface area contributed by atoms with E-state index in [1.54, 1.807) is 18.2 Å². The normalized spacial score (nSPS) is 17.3. The second kappa shape index (κ2) is 7.78. The van der Waals surface area contributed by atoms with E-state index in [2.05, 4.69) is 21.2 Å². The minimum absolute atomic E-state index is 0. The molecular formula is C13H20BrClN2O3S. The summed E-state index contributed by atoms with van der Waals surface area (Å²) >= 11 is 3.31. The number of hydrogen-bond acceptors (Lipinski definition) is 4. The van der Waals surface area contributed by atoms with Gasteiger partial charge in [-0.05, 0) is 38.1 Å². The summed E-state index contributed by atoms with van der Waals surface area (Å²) in [5.41, 5.74) is 0. The average Bonchev–Trinajstić information content (AvgIpc) is 2.47. The highest BCUT2D eigenvalue weighted by Crippen LogP contribution is 2.31. The van der Waals surface area contributed by atoms with Gasteiger partial charge in [0, 0.05) is 23.6 Å². The van der Waals surface area contributed by atoms with Crippen molar-refractivity contribution in [3.8, 4) is 5.75 Å². The van der Waals surface area contributed by atoms with Crippen molar-refractivity contribution in [1.82, 2.24) is 9.62 Å². The second-order valence-corrected chi connectivity index (χ2v) is 7.58. The summed E-state index contributed by atoms with van der Waals surface area (Å²) in [7, 11) is -0.118. The number of nitrogens with zero attached hydrogens (tertiary/aromatic N) is 1. The van der Waals surface area contributed by atoms with Crippen LogP contribution in [0.2, 0.25) is 0 Å². The first kappa shape index (κ1) is 18.7. The number of benzene rings is 1. The van der Waals surface area contributed by atoms with Gasteiger partial charge in [0.05, 0.1) is 7.11 Å². The Balaban J connectivity index is 0.00000220. The fraction of sp³-hybridized carbons (Fsp3) is 0.538. The third-order valence-electron chi connectivity index (χ3n) is 3.61. The second-order valence-electron chi connectivity index (χ2n) is 4.76. The van der Waals surface area contributed by atoms with Crippen molar-refractivity contribution in [3.05, 3.63) is 22.7 Å². The van der Waals surface area contributed by atoms with Crippen molar-refractivity contribution in [2.24, 2.45) is 0 Å². The molecular weight excluding hydrogens is 380 g/mol. The van der Waals surface area contributed by atoms with Crippen LogP contribution in [0.25, 0.3) is 0 Å². The Labute approximate surface area is 140 Å². The van der Waals surface area contributed by atoms with Gasteiger partial charge in [0.2, 0.25) is 10.0 Å². The fourth-order valence-corrected chi connectivity index (χ4v) is 4.54. The molecule has 2 rings (SSSR count). The van der Waals surface area contributed by atoms with Crippen molar-refractivity contribution in [1.29, 1.82) is 0 Å². The molecule has 1 saturated heterocycles. The van der Waals surface area contributed by atoms with Crippen molar-refractivity contribution in [3.63, 3.8) is 0 Å². The summed E-state index contributed by atoms with van der Waals surface area (Å²) in [5.74, 6) is 0.379. The van der Waals surface area contributed by atoms with Gasteiger partial charge in [-0.25, -0.2) is 8.42 Å². The van der Waals surface area contributed by atoms with Crippen molar-refractivity contribution < 1.29 is 13.2 Å². The van der Waals surface area contributed by atoms with E-state index in [9.17, 15) is 8.42 Å². The minimum Gasteiger partial charge on any atom is -0.495 e. The smallest absolute Gasteiger partial charge is 0.246 e. The van der Waals surface area contributed by atoms with E-state index in [0.717, 1.165) is 17.3 Å². The molecule has 0 radical (unpaired) electrons. The van der Waals surface area contributed by atoms with E-state index in [1.807, 2.05) is 7.05 Å². The van der Waals surface area contributed by atoms with Crippen LogP contribution in [-0.4, -0.2) is 46.0 Å². The highest BCUT2D eigenvalue weighted by atomic mass is 79.9. The maximum Gasteiger partial charge on any atom is 0.246 e. The molecule has 0 atom stereocenters. The monoisotopic (exact) mass is 398 g/mol. The van der Waals surface area contributed by atoms with Gasteiger partial charge in [-0.15, -0.1) is 12.4 Å². The van der Waals surface area contributed by atoms with Gasteiger partial charge in [-0.3, -0.25) is 0 Å². The molecule has 1 aliphatic heterocycles. The molecule has 120 valence electrons. The van der Waals surface area contributed by atoms with Crippen LogP contribution in [0.4, 0.5) is 0 Å². The Kier molecular flexibility index (Phi) is 6.93. The van der Waals surface area contributed by atoms with Gasteiger partial charge in [-0.2, -0.15) is 4.31 Å². The molecule has 8 heteroatoms. The fourth-order valence-electron chi connectivity index (χ4n) is 2.38. The molecule has 1 N–H and O–H groups in total. The molecule has 1 aromatic rings. The molecule has 0 aliphatic carbocycles. The molecule has 1 heterocycles. The number of rotatable bonds is 4. The molecule has 1 aliphatic rings. The topological polar surface area (TPSA) is 58.6 Å². The lowest BCUT2D eigenvalue weighted by molar-refractivity contribution is 0.297. The Morgan fingerprint density at radius 2 is 1.95 bits per heavy atom. The summed E-state index contributed by atoms with van der Waals surface area (Å²) in [5, 5.41) is 3.19. The number of sulfonamides is 1. The highest BCUT2D eigenvalue weighted by Gasteiger charge is 2.31. The molecule has 0 saturated carbocycles. The number of ether oxygens (including phenoxy) is 1. The van der Waals surface area contributed by atoms with E-state index in [1.165, 1.54) is 11.4 Å². The largest absolute Gasteiger partial charge is 0.495 e. The predicted molar refractivity (Wildman–Crippen MR) is 88.8 cm³/mol. The first-order valence-corrected chi connectivity index (χ1v) is 8.73. The third-order valence-corrected chi connectivity index (χ3v) is 6.02. The minimum atomic E-state index is -3.51. The van der Waals surface area contributed by atoms with Crippen LogP contribution in [0.3, 0.4) is 0 Å². The van der Waals surface area contributed by atoms with Gasteiger partial charge >= 0.3 is 0 Å². The van der Waals surface area contributed by atoms with Crippen LogP contribution in [0.15, 0.2) is 27.6 Å². The molecule has 0 unspecified atom stereocenters. The maximum atomic E-state index is 12.7. The number of piperidine rings is 1. The highest BCUT2D eigenvalue weighted by molar-refractivity contribution is 9.10. The van der Waals surface area contributed by atoms with Gasteiger partial charge in [-0.1, -0.05) is 15.9 Å². The first-order valence-electron chi connectivity index (χ1n) is 6.50. The molecule has 1 fully saturated rings. The summed E-state index contributed by atoms with van der Waals surface area (Å²) in [6.45, 7) is 1.06. The van der Waals surface area contributed by atoms with E-state index < -0.39 is 10.0 Å². The van der Waals surface area contributed by atoms with Crippen LogP contribution in [0.1, 0.15) is 12.8 Å². The molecule has 1 aromatic carbocycles. The Morgan fingerprint density at radius 1 is 1.33 bits per heavy atom. The zero-order valence-corrected chi connectivity index (χ0v) is 15.2. The molecule has 0 bridgehead atoms. The van der Waals surface area contributed by atoms with Crippen molar-refractivity contribution >= 4 is 38.4 Å². The molecule has 0 aromatic heterocycles. The number of nitrogens with one attached hydrogen (secondary N) is 1. The Hall–Kier alpha value is -0.340. The number of halogens is 2. The van der Waals surface area contributed by atoms with E-state index in [0.29, 0.717) is 24.9 Å². The first-order chi connectivity index (χ1) is 9.48. The van der Waals surface area contributed by atoms with Crippen LogP contribution in [-0.2, 0) is 10.0 Å². The third kappa shape index (κ3) is 4.10. The summed E-state index contributed by atoms with van der Waals surface area (Å²) in [6, 6.07) is 5.42. The van der Waals surface area contributed by atoms with Crippen LogP contribution >= 0.6 is 28.3 Å². The molecule has 21 heavy (non-hydrogen) atoms. The van der Waals surface area contributed by atoms with Gasteiger partial charge in [0.15, 0.2) is 0 Å². The molecule has 5 nitrogen and oxygen atoms in total. The standard InChI is InChI=1S/C13H19BrN2O3S.ClH/c1-15-11-5-7-16(8-6-11)20(17,18)13-9-10(14)3-4-12(13)19-2;/h3-4,9,11,15H,5-8H2,1-2H3;1H.